The number of hydrogen-bond donors (Lipinski definition) is 1. The van der Waals surface area contributed by atoms with Crippen LogP contribution in [0.3, 0.4) is 0 Å². The van der Waals surface area contributed by atoms with Crippen LogP contribution in [-0.2, 0) is 14.3 Å². The molecule has 23 heavy (non-hydrogen) atoms. The molecule has 6 nitrogen and oxygen atoms in total. The van der Waals surface area contributed by atoms with Crippen LogP contribution in [0.2, 0.25) is 0 Å². The summed E-state index contributed by atoms with van der Waals surface area (Å²) < 4.78 is 5.64. The summed E-state index contributed by atoms with van der Waals surface area (Å²) in [5.41, 5.74) is 0. The first kappa shape index (κ1) is 16.7. The molecule has 1 amide bonds. The molecule has 2 heterocycles. The fourth-order valence-corrected chi connectivity index (χ4v) is 4.29. The van der Waals surface area contributed by atoms with E-state index < -0.39 is 12.0 Å². The van der Waals surface area contributed by atoms with E-state index in [4.69, 9.17) is 4.74 Å². The summed E-state index contributed by atoms with van der Waals surface area (Å²) in [7, 11) is 0. The minimum Gasteiger partial charge on any atom is -0.481 e. The van der Waals surface area contributed by atoms with Crippen LogP contribution in [0, 0.1) is 0 Å². The highest BCUT2D eigenvalue weighted by Gasteiger charge is 2.40. The Morgan fingerprint density at radius 3 is 2.57 bits per heavy atom. The van der Waals surface area contributed by atoms with E-state index in [0.717, 1.165) is 38.8 Å². The first-order valence-corrected chi connectivity index (χ1v) is 9.03. The standard InChI is InChI=1S/C17H28N2O4/c20-16(21)11-15-17(22)18(12-14-7-4-10-23-14)8-9-19(15)13-5-2-1-3-6-13/h13-15H,1-12H2,(H,20,21). The predicted octanol–water partition coefficient (Wildman–Crippen LogP) is 1.49. The summed E-state index contributed by atoms with van der Waals surface area (Å²) in [4.78, 5) is 28.2. The Morgan fingerprint density at radius 2 is 1.91 bits per heavy atom. The van der Waals surface area contributed by atoms with Crippen LogP contribution in [-0.4, -0.2) is 71.2 Å². The maximum absolute atomic E-state index is 12.9. The lowest BCUT2D eigenvalue weighted by atomic mass is 9.91. The maximum atomic E-state index is 12.9. The maximum Gasteiger partial charge on any atom is 0.305 e. The molecule has 0 radical (unpaired) electrons. The Balaban J connectivity index is 1.67. The van der Waals surface area contributed by atoms with Crippen LogP contribution >= 0.6 is 0 Å². The molecule has 3 aliphatic rings. The molecule has 1 N–H and O–H groups in total. The smallest absolute Gasteiger partial charge is 0.305 e. The third-order valence-electron chi connectivity index (χ3n) is 5.48. The normalized spacial score (nSPS) is 30.8. The van der Waals surface area contributed by atoms with E-state index in [0.29, 0.717) is 19.1 Å². The van der Waals surface area contributed by atoms with Gasteiger partial charge in [0.1, 0.15) is 6.04 Å². The van der Waals surface area contributed by atoms with Gasteiger partial charge in [-0.3, -0.25) is 14.5 Å². The number of amides is 1. The number of carboxylic acid groups (broad SMARTS) is 1. The topological polar surface area (TPSA) is 70.1 Å². The van der Waals surface area contributed by atoms with E-state index in [1.54, 1.807) is 0 Å². The van der Waals surface area contributed by atoms with Gasteiger partial charge in [0.25, 0.3) is 0 Å². The van der Waals surface area contributed by atoms with Crippen molar-refractivity contribution in [1.29, 1.82) is 0 Å². The third-order valence-corrected chi connectivity index (χ3v) is 5.48. The number of hydrogen-bond acceptors (Lipinski definition) is 4. The number of carbonyl (C=O) groups excluding carboxylic acids is 1. The van der Waals surface area contributed by atoms with Gasteiger partial charge in [-0.2, -0.15) is 0 Å². The fourth-order valence-electron chi connectivity index (χ4n) is 4.29. The molecule has 0 aromatic heterocycles. The van der Waals surface area contributed by atoms with Crippen molar-refractivity contribution >= 4 is 11.9 Å². The minimum atomic E-state index is -0.886. The summed E-state index contributed by atoms with van der Waals surface area (Å²) in [5, 5.41) is 9.25. The molecular weight excluding hydrogens is 296 g/mol. The molecular formula is C17H28N2O4. The molecule has 2 atom stereocenters. The lowest BCUT2D eigenvalue weighted by molar-refractivity contribution is -0.152. The fraction of sp³-hybridized carbons (Fsp3) is 0.882. The second-order valence-corrected chi connectivity index (χ2v) is 7.06. The quantitative estimate of drug-likeness (QED) is 0.829. The Labute approximate surface area is 137 Å². The monoisotopic (exact) mass is 324 g/mol. The van der Waals surface area contributed by atoms with Crippen LogP contribution in [0.1, 0.15) is 51.4 Å². The highest BCUT2D eigenvalue weighted by molar-refractivity contribution is 5.87. The van der Waals surface area contributed by atoms with Crippen LogP contribution in [0.25, 0.3) is 0 Å². The van der Waals surface area contributed by atoms with Crippen molar-refractivity contribution < 1.29 is 19.4 Å². The number of aliphatic carboxylic acids is 1. The zero-order chi connectivity index (χ0) is 16.2. The number of carboxylic acids is 1. The Morgan fingerprint density at radius 1 is 1.13 bits per heavy atom. The predicted molar refractivity (Wildman–Crippen MR) is 85.2 cm³/mol. The SMILES string of the molecule is O=C(O)CC1C(=O)N(CC2CCCO2)CCN1C1CCCCC1. The van der Waals surface area contributed by atoms with Crippen LogP contribution in [0.4, 0.5) is 0 Å². The number of ether oxygens (including phenoxy) is 1. The first-order chi connectivity index (χ1) is 11.1. The van der Waals surface area contributed by atoms with Gasteiger partial charge in [0.05, 0.1) is 12.5 Å². The highest BCUT2D eigenvalue weighted by atomic mass is 16.5. The van der Waals surface area contributed by atoms with Crippen molar-refractivity contribution in [1.82, 2.24) is 9.80 Å². The van der Waals surface area contributed by atoms with Crippen molar-refractivity contribution in [2.45, 2.75) is 69.6 Å². The van der Waals surface area contributed by atoms with Crippen molar-refractivity contribution in [3.63, 3.8) is 0 Å². The third kappa shape index (κ3) is 4.04. The van der Waals surface area contributed by atoms with E-state index in [1.807, 2.05) is 4.90 Å². The van der Waals surface area contributed by atoms with Gasteiger partial charge in [0, 0.05) is 32.3 Å². The Kier molecular flexibility index (Phi) is 5.54. The molecule has 2 unspecified atom stereocenters. The number of carbonyl (C=O) groups is 2. The molecule has 3 fully saturated rings. The molecule has 1 saturated carbocycles. The molecule has 1 aliphatic carbocycles. The van der Waals surface area contributed by atoms with Crippen molar-refractivity contribution in [3.05, 3.63) is 0 Å². The lowest BCUT2D eigenvalue weighted by Crippen LogP contribution is -2.61. The average Bonchev–Trinajstić information content (AvgIpc) is 3.05. The molecule has 130 valence electrons. The van der Waals surface area contributed by atoms with Gasteiger partial charge in [-0.15, -0.1) is 0 Å². The largest absolute Gasteiger partial charge is 0.481 e. The van der Waals surface area contributed by atoms with Crippen LogP contribution in [0.15, 0.2) is 0 Å². The minimum absolute atomic E-state index is 0.0141. The summed E-state index contributed by atoms with van der Waals surface area (Å²) in [5.74, 6) is -0.900. The zero-order valence-electron chi connectivity index (χ0n) is 13.8. The van der Waals surface area contributed by atoms with Gasteiger partial charge in [0.15, 0.2) is 0 Å². The van der Waals surface area contributed by atoms with E-state index >= 15 is 0 Å². The summed E-state index contributed by atoms with van der Waals surface area (Å²) in [6, 6.07) is -0.118. The molecule has 0 bridgehead atoms. The number of nitrogens with zero attached hydrogens (tertiary/aromatic N) is 2. The Bertz CT molecular complexity index is 430. The zero-order valence-corrected chi connectivity index (χ0v) is 13.8. The van der Waals surface area contributed by atoms with E-state index in [2.05, 4.69) is 4.90 Å². The molecule has 0 spiro atoms. The summed E-state index contributed by atoms with van der Waals surface area (Å²) >= 11 is 0. The molecule has 3 rings (SSSR count). The molecule has 2 saturated heterocycles. The molecule has 0 aromatic carbocycles. The molecule has 0 aromatic rings. The van der Waals surface area contributed by atoms with E-state index in [9.17, 15) is 14.7 Å². The summed E-state index contributed by atoms with van der Waals surface area (Å²) in [6.45, 7) is 2.89. The van der Waals surface area contributed by atoms with Crippen LogP contribution < -0.4 is 0 Å². The number of piperazine rings is 1. The van der Waals surface area contributed by atoms with E-state index in [1.165, 1.54) is 19.3 Å². The first-order valence-electron chi connectivity index (χ1n) is 9.03. The van der Waals surface area contributed by atoms with Crippen molar-refractivity contribution in [2.24, 2.45) is 0 Å². The highest BCUT2D eigenvalue weighted by Crippen LogP contribution is 2.28. The molecule has 2 aliphatic heterocycles. The average molecular weight is 324 g/mol. The van der Waals surface area contributed by atoms with Gasteiger partial charge in [0.2, 0.25) is 5.91 Å². The second-order valence-electron chi connectivity index (χ2n) is 7.06. The van der Waals surface area contributed by atoms with Gasteiger partial charge in [-0.25, -0.2) is 0 Å². The second kappa shape index (κ2) is 7.62. The Hall–Kier alpha value is -1.14. The molecule has 6 heteroatoms. The van der Waals surface area contributed by atoms with Gasteiger partial charge < -0.3 is 14.7 Å². The van der Waals surface area contributed by atoms with Gasteiger partial charge >= 0.3 is 5.97 Å². The van der Waals surface area contributed by atoms with Crippen molar-refractivity contribution in [2.75, 3.05) is 26.2 Å². The van der Waals surface area contributed by atoms with Crippen molar-refractivity contribution in [3.8, 4) is 0 Å². The van der Waals surface area contributed by atoms with Gasteiger partial charge in [-0.1, -0.05) is 19.3 Å². The van der Waals surface area contributed by atoms with Crippen LogP contribution in [0.5, 0.6) is 0 Å². The van der Waals surface area contributed by atoms with E-state index in [-0.39, 0.29) is 18.4 Å². The summed E-state index contributed by atoms with van der Waals surface area (Å²) in [6.07, 6.45) is 7.92. The van der Waals surface area contributed by atoms with Gasteiger partial charge in [-0.05, 0) is 25.7 Å². The number of rotatable bonds is 5. The lowest BCUT2D eigenvalue weighted by Gasteiger charge is -2.45.